The number of anilines is 1. The van der Waals surface area contributed by atoms with Crippen LogP contribution in [0.5, 0.6) is 5.88 Å². The first-order chi connectivity index (χ1) is 9.58. The number of rotatable bonds is 4. The van der Waals surface area contributed by atoms with Gasteiger partial charge in [0.2, 0.25) is 11.8 Å². The lowest BCUT2D eigenvalue weighted by Gasteiger charge is -2.19. The van der Waals surface area contributed by atoms with Crippen molar-refractivity contribution in [1.82, 2.24) is 9.97 Å². The molecule has 0 saturated heterocycles. The molecule has 0 atom stereocenters. The Morgan fingerprint density at radius 3 is 2.50 bits per heavy atom. The number of nitrogens with one attached hydrogen (secondary N) is 1. The summed E-state index contributed by atoms with van der Waals surface area (Å²) >= 11 is 3.37. The summed E-state index contributed by atoms with van der Waals surface area (Å²) in [5.41, 5.74) is 0.435. The zero-order chi connectivity index (χ0) is 14.7. The number of H-pyrrole nitrogens is 1. The third kappa shape index (κ3) is 2.70. The van der Waals surface area contributed by atoms with Crippen LogP contribution in [0.15, 0.2) is 33.5 Å². The number of hydrogen-bond acceptors (Lipinski definition) is 4. The summed E-state index contributed by atoms with van der Waals surface area (Å²) in [5, 5.41) is 10.1. The van der Waals surface area contributed by atoms with Crippen molar-refractivity contribution >= 4 is 21.9 Å². The van der Waals surface area contributed by atoms with Gasteiger partial charge in [0.05, 0.1) is 0 Å². The minimum atomic E-state index is -0.355. The van der Waals surface area contributed by atoms with Gasteiger partial charge in [0.1, 0.15) is 5.56 Å². The lowest BCUT2D eigenvalue weighted by atomic mass is 10.1. The highest BCUT2D eigenvalue weighted by Crippen LogP contribution is 2.30. The molecule has 6 heteroatoms. The van der Waals surface area contributed by atoms with Crippen molar-refractivity contribution in [2.75, 3.05) is 18.0 Å². The fourth-order valence-corrected chi connectivity index (χ4v) is 2.51. The number of nitrogens with zero attached hydrogens (tertiary/aromatic N) is 2. The zero-order valence-corrected chi connectivity index (χ0v) is 12.9. The number of hydrogen-bond donors (Lipinski definition) is 2. The SMILES string of the molecule is CCN(CC)c1nc(O)c(-c2ccccc2Br)c(=O)[nH]1. The smallest absolute Gasteiger partial charge is 0.264 e. The Bertz CT molecular complexity index is 666. The molecule has 0 fully saturated rings. The highest BCUT2D eigenvalue weighted by molar-refractivity contribution is 9.10. The average molecular weight is 338 g/mol. The van der Waals surface area contributed by atoms with E-state index in [9.17, 15) is 9.90 Å². The highest BCUT2D eigenvalue weighted by Gasteiger charge is 2.16. The molecule has 0 aliphatic rings. The molecular weight excluding hydrogens is 322 g/mol. The van der Waals surface area contributed by atoms with Gasteiger partial charge in [-0.3, -0.25) is 9.78 Å². The largest absolute Gasteiger partial charge is 0.493 e. The fourth-order valence-electron chi connectivity index (χ4n) is 2.03. The van der Waals surface area contributed by atoms with Crippen molar-refractivity contribution in [3.05, 3.63) is 39.1 Å². The molecule has 0 amide bonds. The van der Waals surface area contributed by atoms with Crippen LogP contribution in [0.25, 0.3) is 11.1 Å². The molecule has 0 radical (unpaired) electrons. The third-order valence-corrected chi connectivity index (χ3v) is 3.79. The van der Waals surface area contributed by atoms with E-state index in [4.69, 9.17) is 0 Å². The zero-order valence-electron chi connectivity index (χ0n) is 11.4. The van der Waals surface area contributed by atoms with Gasteiger partial charge in [0, 0.05) is 23.1 Å². The summed E-state index contributed by atoms with van der Waals surface area (Å²) in [6.45, 7) is 5.32. The second kappa shape index (κ2) is 6.09. The molecule has 106 valence electrons. The van der Waals surface area contributed by atoms with E-state index in [1.807, 2.05) is 30.9 Å². The van der Waals surface area contributed by atoms with Crippen LogP contribution in [-0.2, 0) is 0 Å². The van der Waals surface area contributed by atoms with Crippen LogP contribution in [0.2, 0.25) is 0 Å². The maximum Gasteiger partial charge on any atom is 0.264 e. The van der Waals surface area contributed by atoms with E-state index in [0.29, 0.717) is 24.6 Å². The Hall–Kier alpha value is -1.82. The molecule has 0 unspecified atom stereocenters. The van der Waals surface area contributed by atoms with Gasteiger partial charge >= 0.3 is 0 Å². The normalized spacial score (nSPS) is 10.6. The van der Waals surface area contributed by atoms with E-state index in [1.165, 1.54) is 0 Å². The molecular formula is C14H16BrN3O2. The Balaban J connectivity index is 2.58. The van der Waals surface area contributed by atoms with Gasteiger partial charge in [-0.25, -0.2) is 0 Å². The van der Waals surface area contributed by atoms with Gasteiger partial charge in [0.25, 0.3) is 5.56 Å². The van der Waals surface area contributed by atoms with Gasteiger partial charge in [-0.05, 0) is 19.9 Å². The topological polar surface area (TPSA) is 69.2 Å². The van der Waals surface area contributed by atoms with E-state index in [1.54, 1.807) is 12.1 Å². The molecule has 20 heavy (non-hydrogen) atoms. The molecule has 2 aromatic rings. The van der Waals surface area contributed by atoms with E-state index in [-0.39, 0.29) is 17.0 Å². The van der Waals surface area contributed by atoms with Gasteiger partial charge in [-0.1, -0.05) is 34.1 Å². The van der Waals surface area contributed by atoms with Gasteiger partial charge in [0.15, 0.2) is 0 Å². The monoisotopic (exact) mass is 337 g/mol. The van der Waals surface area contributed by atoms with Gasteiger partial charge < -0.3 is 10.0 Å². The summed E-state index contributed by atoms with van der Waals surface area (Å²) in [7, 11) is 0. The number of halogens is 1. The van der Waals surface area contributed by atoms with Gasteiger partial charge in [-0.2, -0.15) is 4.98 Å². The Kier molecular flexibility index (Phi) is 4.44. The lowest BCUT2D eigenvalue weighted by molar-refractivity contribution is 0.453. The summed E-state index contributed by atoms with van der Waals surface area (Å²) in [6.07, 6.45) is 0. The third-order valence-electron chi connectivity index (χ3n) is 3.09. The maximum absolute atomic E-state index is 12.2. The van der Waals surface area contributed by atoms with Crippen molar-refractivity contribution < 1.29 is 5.11 Å². The number of aromatic nitrogens is 2. The van der Waals surface area contributed by atoms with Crippen molar-refractivity contribution in [3.8, 4) is 17.0 Å². The molecule has 1 aromatic heterocycles. The van der Waals surface area contributed by atoms with Crippen molar-refractivity contribution in [2.45, 2.75) is 13.8 Å². The summed E-state index contributed by atoms with van der Waals surface area (Å²) in [6, 6.07) is 7.22. The minimum absolute atomic E-state index is 0.174. The predicted molar refractivity (Wildman–Crippen MR) is 83.2 cm³/mol. The molecule has 0 saturated carbocycles. The molecule has 0 bridgehead atoms. The number of aromatic amines is 1. The quantitative estimate of drug-likeness (QED) is 0.899. The minimum Gasteiger partial charge on any atom is -0.493 e. The average Bonchev–Trinajstić information content (AvgIpc) is 2.41. The molecule has 1 heterocycles. The van der Waals surface area contributed by atoms with Crippen LogP contribution in [0, 0.1) is 0 Å². The standard InChI is InChI=1S/C14H16BrN3O2/c1-3-18(4-2)14-16-12(19)11(13(20)17-14)9-7-5-6-8-10(9)15/h5-8H,3-4H2,1-2H3,(H2,16,17,19,20). The van der Waals surface area contributed by atoms with Crippen LogP contribution in [0.3, 0.4) is 0 Å². The first-order valence-electron chi connectivity index (χ1n) is 6.41. The first kappa shape index (κ1) is 14.6. The number of aromatic hydroxyl groups is 1. The maximum atomic E-state index is 12.2. The van der Waals surface area contributed by atoms with E-state index in [0.717, 1.165) is 4.47 Å². The molecule has 2 rings (SSSR count). The van der Waals surface area contributed by atoms with Crippen LogP contribution < -0.4 is 10.5 Å². The van der Waals surface area contributed by atoms with E-state index >= 15 is 0 Å². The summed E-state index contributed by atoms with van der Waals surface area (Å²) in [5.74, 6) is 0.121. The summed E-state index contributed by atoms with van der Waals surface area (Å²) < 4.78 is 0.734. The Morgan fingerprint density at radius 1 is 1.30 bits per heavy atom. The fraction of sp³-hybridized carbons (Fsp3) is 0.286. The van der Waals surface area contributed by atoms with Crippen molar-refractivity contribution in [1.29, 1.82) is 0 Å². The van der Waals surface area contributed by atoms with Crippen LogP contribution >= 0.6 is 15.9 Å². The van der Waals surface area contributed by atoms with E-state index < -0.39 is 0 Å². The van der Waals surface area contributed by atoms with Crippen molar-refractivity contribution in [2.24, 2.45) is 0 Å². The molecule has 0 aliphatic carbocycles. The molecule has 2 N–H and O–H groups in total. The molecule has 1 aromatic carbocycles. The van der Waals surface area contributed by atoms with Crippen LogP contribution in [0.4, 0.5) is 5.95 Å². The van der Waals surface area contributed by atoms with Crippen LogP contribution in [0.1, 0.15) is 13.8 Å². The first-order valence-corrected chi connectivity index (χ1v) is 7.20. The molecule has 0 spiro atoms. The number of benzene rings is 1. The predicted octanol–water partition coefficient (Wildman–Crippen LogP) is 2.75. The Labute approximate surface area is 125 Å². The lowest BCUT2D eigenvalue weighted by Crippen LogP contribution is -2.27. The summed E-state index contributed by atoms with van der Waals surface area (Å²) in [4.78, 5) is 20.9. The van der Waals surface area contributed by atoms with E-state index in [2.05, 4.69) is 25.9 Å². The second-order valence-electron chi connectivity index (χ2n) is 4.24. The highest BCUT2D eigenvalue weighted by atomic mass is 79.9. The van der Waals surface area contributed by atoms with Crippen LogP contribution in [-0.4, -0.2) is 28.2 Å². The Morgan fingerprint density at radius 2 is 1.95 bits per heavy atom. The van der Waals surface area contributed by atoms with Crippen molar-refractivity contribution in [3.63, 3.8) is 0 Å². The van der Waals surface area contributed by atoms with Gasteiger partial charge in [-0.15, -0.1) is 0 Å². The second-order valence-corrected chi connectivity index (χ2v) is 5.09. The molecule has 5 nitrogen and oxygen atoms in total. The molecule has 0 aliphatic heterocycles.